The summed E-state index contributed by atoms with van der Waals surface area (Å²) in [6, 6.07) is 13.6. The van der Waals surface area contributed by atoms with Crippen molar-refractivity contribution in [3.63, 3.8) is 0 Å². The molecule has 3 aromatic rings. The van der Waals surface area contributed by atoms with E-state index in [1.165, 1.54) is 24.1 Å². The van der Waals surface area contributed by atoms with Crippen molar-refractivity contribution in [3.8, 4) is 17.2 Å². The summed E-state index contributed by atoms with van der Waals surface area (Å²) in [6.07, 6.45) is 3.42. The van der Waals surface area contributed by atoms with Gasteiger partial charge in [0.15, 0.2) is 23.9 Å². The van der Waals surface area contributed by atoms with Crippen molar-refractivity contribution in [1.82, 2.24) is 4.90 Å². The van der Waals surface area contributed by atoms with E-state index in [0.717, 1.165) is 5.56 Å². The Morgan fingerprint density at radius 3 is 2.51 bits per heavy atom. The molecule has 35 heavy (non-hydrogen) atoms. The zero-order valence-electron chi connectivity index (χ0n) is 19.6. The Balaban J connectivity index is 1.83. The molecule has 0 bridgehead atoms. The Labute approximate surface area is 203 Å². The Bertz CT molecular complexity index is 1270. The number of aromatic amines is 1. The summed E-state index contributed by atoms with van der Waals surface area (Å²) in [5, 5.41) is 23.6. The summed E-state index contributed by atoms with van der Waals surface area (Å²) in [5.74, 6) is -1.49. The number of Topliss-reactive ketones (excluding diaryl/α,β-unsaturated/α-hetero) is 1. The van der Waals surface area contributed by atoms with E-state index in [1.54, 1.807) is 48.8 Å². The molecular weight excluding hydrogens is 448 g/mol. The highest BCUT2D eigenvalue weighted by molar-refractivity contribution is 6.46. The molecule has 180 valence electrons. The highest BCUT2D eigenvalue weighted by Crippen LogP contribution is 2.42. The van der Waals surface area contributed by atoms with E-state index < -0.39 is 23.5 Å². The van der Waals surface area contributed by atoms with Gasteiger partial charge in [-0.25, -0.2) is 4.98 Å². The van der Waals surface area contributed by atoms with E-state index in [0.29, 0.717) is 11.3 Å². The Kier molecular flexibility index (Phi) is 6.73. The molecule has 1 saturated heterocycles. The smallest absolute Gasteiger partial charge is 0.295 e. The first-order valence-corrected chi connectivity index (χ1v) is 11.2. The number of hydrogen-bond donors (Lipinski definition) is 1. The molecule has 1 aromatic heterocycles. The molecule has 1 fully saturated rings. The molecule has 0 radical (unpaired) electrons. The van der Waals surface area contributed by atoms with Gasteiger partial charge in [0.2, 0.25) is 5.78 Å². The van der Waals surface area contributed by atoms with Gasteiger partial charge in [-0.15, -0.1) is 0 Å². The van der Waals surface area contributed by atoms with Crippen molar-refractivity contribution in [2.45, 2.75) is 32.5 Å². The van der Waals surface area contributed by atoms with Crippen LogP contribution in [0.2, 0.25) is 0 Å². The number of phenolic OH excluding ortho intramolecular Hbond substituents is 1. The van der Waals surface area contributed by atoms with Gasteiger partial charge >= 0.3 is 0 Å². The predicted octanol–water partition coefficient (Wildman–Crippen LogP) is 2.43. The molecule has 4 rings (SSSR count). The number of nitrogens with one attached hydrogen (secondary N) is 1. The van der Waals surface area contributed by atoms with Crippen LogP contribution >= 0.6 is 0 Å². The van der Waals surface area contributed by atoms with Crippen molar-refractivity contribution >= 4 is 17.4 Å². The molecule has 2 N–H and O–H groups in total. The molecule has 1 unspecified atom stereocenters. The number of aromatic nitrogens is 1. The minimum absolute atomic E-state index is 0.0300. The Hall–Kier alpha value is -4.33. The fourth-order valence-corrected chi connectivity index (χ4v) is 4.08. The topological polar surface area (TPSA) is 113 Å². The minimum Gasteiger partial charge on any atom is -0.872 e. The second-order valence-corrected chi connectivity index (χ2v) is 8.44. The number of carbonyl (C=O) groups is 2. The van der Waals surface area contributed by atoms with Gasteiger partial charge in [0.05, 0.1) is 25.8 Å². The number of ketones is 1. The molecule has 1 amide bonds. The average molecular weight is 475 g/mol. The lowest BCUT2D eigenvalue weighted by Gasteiger charge is -2.27. The predicted molar refractivity (Wildman–Crippen MR) is 125 cm³/mol. The van der Waals surface area contributed by atoms with E-state index in [2.05, 4.69) is 4.98 Å². The van der Waals surface area contributed by atoms with Gasteiger partial charge in [0.1, 0.15) is 5.75 Å². The van der Waals surface area contributed by atoms with Crippen LogP contribution in [-0.4, -0.2) is 34.9 Å². The molecule has 2 heterocycles. The number of methoxy groups -OCH3 is 1. The van der Waals surface area contributed by atoms with Crippen molar-refractivity contribution in [3.05, 3.63) is 89.3 Å². The molecule has 0 saturated carbocycles. The third-order valence-corrected chi connectivity index (χ3v) is 5.66. The number of phenols is 1. The summed E-state index contributed by atoms with van der Waals surface area (Å²) in [5.41, 5.74) is 1.35. The van der Waals surface area contributed by atoms with Gasteiger partial charge in [-0.1, -0.05) is 24.0 Å². The maximum atomic E-state index is 13.6. The number of H-pyrrole nitrogens is 1. The molecule has 8 heteroatoms. The number of hydrogen-bond acceptors (Lipinski definition) is 6. The van der Waals surface area contributed by atoms with Crippen LogP contribution in [-0.2, 0) is 16.1 Å². The van der Waals surface area contributed by atoms with Crippen LogP contribution in [0.1, 0.15) is 36.6 Å². The fraction of sp³-hybridized carbons (Fsp3) is 0.222. The van der Waals surface area contributed by atoms with Crippen LogP contribution in [0, 0.1) is 0 Å². The number of ether oxygens (including phenoxy) is 2. The molecule has 8 nitrogen and oxygen atoms in total. The second kappa shape index (κ2) is 9.89. The quantitative estimate of drug-likeness (QED) is 0.320. The van der Waals surface area contributed by atoms with Crippen LogP contribution in [0.25, 0.3) is 5.76 Å². The van der Waals surface area contributed by atoms with Crippen molar-refractivity contribution in [1.29, 1.82) is 0 Å². The number of pyridine rings is 1. The molecule has 1 atom stereocenters. The molecule has 2 aromatic carbocycles. The molecule has 1 aliphatic heterocycles. The standard InChI is InChI=1S/C27H26N2O6/c1-16(2)35-20-9-6-18(7-10-20)25(31)23-24(19-8-11-21(30)22(13-19)34-3)29(27(33)26(23)32)15-17-5-4-12-28-14-17/h4-14,16,24,30-31H,15H2,1-3H3. The molecule has 1 aliphatic rings. The largest absolute Gasteiger partial charge is 0.872 e. The number of nitrogens with zero attached hydrogens (tertiary/aromatic N) is 1. The van der Waals surface area contributed by atoms with Crippen molar-refractivity contribution in [2.75, 3.05) is 7.11 Å². The minimum atomic E-state index is -0.955. The van der Waals surface area contributed by atoms with Gasteiger partial charge in [-0.05, 0) is 55.3 Å². The van der Waals surface area contributed by atoms with Gasteiger partial charge in [-0.3, -0.25) is 9.59 Å². The zero-order valence-corrected chi connectivity index (χ0v) is 19.6. The first-order chi connectivity index (χ1) is 16.8. The highest BCUT2D eigenvalue weighted by atomic mass is 16.5. The van der Waals surface area contributed by atoms with Crippen LogP contribution in [0.15, 0.2) is 72.6 Å². The van der Waals surface area contributed by atoms with Crippen molar-refractivity contribution < 1.29 is 34.3 Å². The number of rotatable bonds is 7. The molecular formula is C27H26N2O6. The maximum Gasteiger partial charge on any atom is 0.295 e. The Morgan fingerprint density at radius 1 is 1.14 bits per heavy atom. The summed E-state index contributed by atoms with van der Waals surface area (Å²) in [4.78, 5) is 30.6. The van der Waals surface area contributed by atoms with Gasteiger partial charge in [0, 0.05) is 17.2 Å². The summed E-state index contributed by atoms with van der Waals surface area (Å²) in [7, 11) is 1.40. The SMILES string of the molecule is COc1cc(C2C(=C([O-])c3ccc(OC(C)C)cc3)C(=O)C(=O)N2Cc2ccc[nH+]c2)ccc1O. The zero-order chi connectivity index (χ0) is 25.1. The van der Waals surface area contributed by atoms with Gasteiger partial charge in [-0.2, -0.15) is 0 Å². The lowest BCUT2D eigenvalue weighted by Crippen LogP contribution is -2.29. The number of aromatic hydroxyl groups is 1. The van der Waals surface area contributed by atoms with Crippen LogP contribution < -0.4 is 19.6 Å². The number of benzene rings is 2. The van der Waals surface area contributed by atoms with E-state index in [1.807, 2.05) is 19.9 Å². The number of amides is 1. The third-order valence-electron chi connectivity index (χ3n) is 5.66. The van der Waals surface area contributed by atoms with E-state index in [9.17, 15) is 19.8 Å². The van der Waals surface area contributed by atoms with E-state index in [-0.39, 0.29) is 35.3 Å². The van der Waals surface area contributed by atoms with E-state index in [4.69, 9.17) is 9.47 Å². The maximum absolute atomic E-state index is 13.6. The molecule has 0 aliphatic carbocycles. The first kappa shape index (κ1) is 23.8. The fourth-order valence-electron chi connectivity index (χ4n) is 4.08. The lowest BCUT2D eigenvalue weighted by molar-refractivity contribution is -0.378. The van der Waals surface area contributed by atoms with Crippen LogP contribution in [0.3, 0.4) is 0 Å². The van der Waals surface area contributed by atoms with Crippen LogP contribution in [0.5, 0.6) is 17.2 Å². The Morgan fingerprint density at radius 2 is 1.89 bits per heavy atom. The summed E-state index contributed by atoms with van der Waals surface area (Å²) >= 11 is 0. The second-order valence-electron chi connectivity index (χ2n) is 8.44. The highest BCUT2D eigenvalue weighted by Gasteiger charge is 2.44. The first-order valence-electron chi connectivity index (χ1n) is 11.2. The lowest BCUT2D eigenvalue weighted by atomic mass is 9.95. The van der Waals surface area contributed by atoms with Crippen LogP contribution in [0.4, 0.5) is 0 Å². The van der Waals surface area contributed by atoms with Gasteiger partial charge < -0.3 is 24.6 Å². The number of carbonyl (C=O) groups excluding carboxylic acids is 2. The molecule has 0 spiro atoms. The monoisotopic (exact) mass is 474 g/mol. The number of likely N-dealkylation sites (tertiary alicyclic amines) is 1. The third kappa shape index (κ3) is 4.82. The van der Waals surface area contributed by atoms with E-state index >= 15 is 0 Å². The summed E-state index contributed by atoms with van der Waals surface area (Å²) in [6.45, 7) is 3.90. The average Bonchev–Trinajstić information content (AvgIpc) is 3.09. The summed E-state index contributed by atoms with van der Waals surface area (Å²) < 4.78 is 10.9. The van der Waals surface area contributed by atoms with Crippen molar-refractivity contribution in [2.24, 2.45) is 0 Å². The van der Waals surface area contributed by atoms with Gasteiger partial charge in [0.25, 0.3) is 5.91 Å². The normalized spacial score (nSPS) is 17.1.